The molecule has 0 N–H and O–H groups in total. The zero-order chi connectivity index (χ0) is 8.81. The van der Waals surface area contributed by atoms with E-state index in [-0.39, 0.29) is 0 Å². The van der Waals surface area contributed by atoms with E-state index in [2.05, 4.69) is 4.74 Å². The zero-order valence-corrected chi connectivity index (χ0v) is 6.82. The SMILES string of the molecule is CCOc1ccccc1OC=O. The Balaban J connectivity index is 2.83. The van der Waals surface area contributed by atoms with Crippen LogP contribution in [0.25, 0.3) is 0 Å². The minimum atomic E-state index is 0.387. The van der Waals surface area contributed by atoms with E-state index in [1.165, 1.54) is 0 Å². The topological polar surface area (TPSA) is 35.5 Å². The highest BCUT2D eigenvalue weighted by molar-refractivity contribution is 5.50. The molecule has 0 amide bonds. The van der Waals surface area contributed by atoms with Crippen molar-refractivity contribution in [3.05, 3.63) is 24.3 Å². The molecule has 0 aromatic heterocycles. The number of carbonyl (C=O) groups excluding carboxylic acids is 1. The van der Waals surface area contributed by atoms with Gasteiger partial charge in [-0.2, -0.15) is 0 Å². The van der Waals surface area contributed by atoms with Gasteiger partial charge in [0.1, 0.15) is 0 Å². The Hall–Kier alpha value is -1.51. The maximum absolute atomic E-state index is 10.1. The van der Waals surface area contributed by atoms with Gasteiger partial charge in [0.05, 0.1) is 6.61 Å². The second kappa shape index (κ2) is 4.38. The van der Waals surface area contributed by atoms with Crippen LogP contribution in [0.3, 0.4) is 0 Å². The normalized spacial score (nSPS) is 9.08. The first-order valence-electron chi connectivity index (χ1n) is 3.70. The molecule has 0 saturated carbocycles. The Morgan fingerprint density at radius 2 is 2.00 bits per heavy atom. The van der Waals surface area contributed by atoms with Gasteiger partial charge in [-0.05, 0) is 19.1 Å². The molecule has 1 aromatic carbocycles. The van der Waals surface area contributed by atoms with E-state index in [0.29, 0.717) is 24.6 Å². The molecule has 3 nitrogen and oxygen atoms in total. The van der Waals surface area contributed by atoms with Gasteiger partial charge in [-0.15, -0.1) is 0 Å². The van der Waals surface area contributed by atoms with Crippen LogP contribution < -0.4 is 9.47 Å². The Kier molecular flexibility index (Phi) is 3.14. The number of para-hydroxylation sites is 2. The Morgan fingerprint density at radius 1 is 1.33 bits per heavy atom. The van der Waals surface area contributed by atoms with E-state index in [1.807, 2.05) is 13.0 Å². The molecule has 3 heteroatoms. The van der Waals surface area contributed by atoms with Crippen LogP contribution >= 0.6 is 0 Å². The summed E-state index contributed by atoms with van der Waals surface area (Å²) in [5.74, 6) is 1.04. The summed E-state index contributed by atoms with van der Waals surface area (Å²) >= 11 is 0. The molecule has 0 heterocycles. The van der Waals surface area contributed by atoms with Gasteiger partial charge < -0.3 is 9.47 Å². The van der Waals surface area contributed by atoms with Crippen LogP contribution in [-0.2, 0) is 4.79 Å². The standard InChI is InChI=1S/C9H10O3/c1-2-11-8-5-3-4-6-9(8)12-7-10/h3-7H,2H2,1H3. The number of hydrogen-bond donors (Lipinski definition) is 0. The summed E-state index contributed by atoms with van der Waals surface area (Å²) in [6.45, 7) is 2.81. The average molecular weight is 166 g/mol. The predicted molar refractivity (Wildman–Crippen MR) is 44.3 cm³/mol. The van der Waals surface area contributed by atoms with E-state index in [1.54, 1.807) is 18.2 Å². The van der Waals surface area contributed by atoms with Crippen molar-refractivity contribution in [2.75, 3.05) is 6.61 Å². The minimum absolute atomic E-state index is 0.387. The maximum Gasteiger partial charge on any atom is 0.298 e. The molecular weight excluding hydrogens is 156 g/mol. The molecule has 0 unspecified atom stereocenters. The molecular formula is C9H10O3. The van der Waals surface area contributed by atoms with Gasteiger partial charge in [0.25, 0.3) is 6.47 Å². The lowest BCUT2D eigenvalue weighted by atomic mass is 10.3. The summed E-state index contributed by atoms with van der Waals surface area (Å²) in [7, 11) is 0. The molecule has 0 aliphatic heterocycles. The molecule has 0 spiro atoms. The summed E-state index contributed by atoms with van der Waals surface area (Å²) in [4.78, 5) is 10.1. The number of carbonyl (C=O) groups is 1. The van der Waals surface area contributed by atoms with Crippen molar-refractivity contribution in [3.63, 3.8) is 0 Å². The van der Waals surface area contributed by atoms with E-state index in [4.69, 9.17) is 4.74 Å². The highest BCUT2D eigenvalue weighted by atomic mass is 16.5. The van der Waals surface area contributed by atoms with Crippen LogP contribution in [0, 0.1) is 0 Å². The molecule has 0 aliphatic rings. The second-order valence-electron chi connectivity index (χ2n) is 2.09. The molecule has 0 radical (unpaired) electrons. The number of benzene rings is 1. The van der Waals surface area contributed by atoms with Crippen molar-refractivity contribution in [1.29, 1.82) is 0 Å². The minimum Gasteiger partial charge on any atom is -0.490 e. The van der Waals surface area contributed by atoms with Crippen molar-refractivity contribution in [3.8, 4) is 11.5 Å². The Morgan fingerprint density at radius 3 is 2.58 bits per heavy atom. The van der Waals surface area contributed by atoms with Crippen molar-refractivity contribution < 1.29 is 14.3 Å². The first-order chi connectivity index (χ1) is 5.88. The van der Waals surface area contributed by atoms with Crippen LogP contribution in [0.5, 0.6) is 11.5 Å². The summed E-state index contributed by atoms with van der Waals surface area (Å²) in [5, 5.41) is 0. The first-order valence-corrected chi connectivity index (χ1v) is 3.70. The summed E-state index contributed by atoms with van der Waals surface area (Å²) in [6, 6.07) is 7.03. The first kappa shape index (κ1) is 8.59. The van der Waals surface area contributed by atoms with Gasteiger partial charge in [0.2, 0.25) is 0 Å². The molecule has 0 fully saturated rings. The lowest BCUT2D eigenvalue weighted by Crippen LogP contribution is -1.96. The Bertz CT molecular complexity index is 258. The van der Waals surface area contributed by atoms with Gasteiger partial charge >= 0.3 is 0 Å². The highest BCUT2D eigenvalue weighted by Gasteiger charge is 2.01. The van der Waals surface area contributed by atoms with Crippen molar-refractivity contribution in [1.82, 2.24) is 0 Å². The average Bonchev–Trinajstić information content (AvgIpc) is 2.09. The molecule has 0 aliphatic carbocycles. The lowest BCUT2D eigenvalue weighted by molar-refractivity contribution is -0.120. The monoisotopic (exact) mass is 166 g/mol. The fourth-order valence-electron chi connectivity index (χ4n) is 0.874. The van der Waals surface area contributed by atoms with Crippen LogP contribution in [0.15, 0.2) is 24.3 Å². The number of ether oxygens (including phenoxy) is 2. The van der Waals surface area contributed by atoms with Crippen molar-refractivity contribution in [2.45, 2.75) is 6.92 Å². The highest BCUT2D eigenvalue weighted by Crippen LogP contribution is 2.25. The van der Waals surface area contributed by atoms with Crippen LogP contribution in [0.4, 0.5) is 0 Å². The van der Waals surface area contributed by atoms with Crippen LogP contribution in [-0.4, -0.2) is 13.1 Å². The van der Waals surface area contributed by atoms with E-state index >= 15 is 0 Å². The number of rotatable bonds is 4. The smallest absolute Gasteiger partial charge is 0.298 e. The van der Waals surface area contributed by atoms with E-state index < -0.39 is 0 Å². The molecule has 1 rings (SSSR count). The zero-order valence-electron chi connectivity index (χ0n) is 6.82. The molecule has 0 bridgehead atoms. The van der Waals surface area contributed by atoms with Crippen molar-refractivity contribution >= 4 is 6.47 Å². The van der Waals surface area contributed by atoms with Gasteiger partial charge in [-0.1, -0.05) is 12.1 Å². The summed E-state index contributed by atoms with van der Waals surface area (Å²) in [6.07, 6.45) is 0. The molecule has 0 saturated heterocycles. The lowest BCUT2D eigenvalue weighted by Gasteiger charge is -2.06. The van der Waals surface area contributed by atoms with Crippen molar-refractivity contribution in [2.24, 2.45) is 0 Å². The third kappa shape index (κ3) is 1.99. The fourth-order valence-corrected chi connectivity index (χ4v) is 0.874. The number of hydrogen-bond acceptors (Lipinski definition) is 3. The summed E-state index contributed by atoms with van der Waals surface area (Å²) < 4.78 is 9.89. The third-order valence-corrected chi connectivity index (χ3v) is 1.32. The molecule has 64 valence electrons. The summed E-state index contributed by atoms with van der Waals surface area (Å²) in [5.41, 5.74) is 0. The van der Waals surface area contributed by atoms with E-state index in [9.17, 15) is 4.79 Å². The third-order valence-electron chi connectivity index (χ3n) is 1.32. The van der Waals surface area contributed by atoms with E-state index in [0.717, 1.165) is 0 Å². The maximum atomic E-state index is 10.1. The Labute approximate surface area is 70.9 Å². The van der Waals surface area contributed by atoms with Crippen LogP contribution in [0.1, 0.15) is 6.92 Å². The molecule has 1 aromatic rings. The fraction of sp³-hybridized carbons (Fsp3) is 0.222. The van der Waals surface area contributed by atoms with Crippen LogP contribution in [0.2, 0.25) is 0 Å². The quantitative estimate of drug-likeness (QED) is 0.637. The molecule has 12 heavy (non-hydrogen) atoms. The van der Waals surface area contributed by atoms with Gasteiger partial charge in [-0.25, -0.2) is 0 Å². The largest absolute Gasteiger partial charge is 0.490 e. The van der Waals surface area contributed by atoms with Gasteiger partial charge in [-0.3, -0.25) is 4.79 Å². The predicted octanol–water partition coefficient (Wildman–Crippen LogP) is 1.62. The second-order valence-corrected chi connectivity index (χ2v) is 2.09. The van der Waals surface area contributed by atoms with Gasteiger partial charge in [0.15, 0.2) is 11.5 Å². The molecule has 0 atom stereocenters. The van der Waals surface area contributed by atoms with Gasteiger partial charge in [0, 0.05) is 0 Å².